The summed E-state index contributed by atoms with van der Waals surface area (Å²) in [5.74, 6) is -0.455. The van der Waals surface area contributed by atoms with Gasteiger partial charge in [0.2, 0.25) is 0 Å². The van der Waals surface area contributed by atoms with Crippen molar-refractivity contribution in [3.63, 3.8) is 0 Å². The van der Waals surface area contributed by atoms with Crippen LogP contribution in [-0.2, 0) is 4.79 Å². The summed E-state index contributed by atoms with van der Waals surface area (Å²) in [5, 5.41) is 17.0. The van der Waals surface area contributed by atoms with Crippen molar-refractivity contribution < 1.29 is 15.0 Å². The first-order valence-electron chi connectivity index (χ1n) is 2.55. The van der Waals surface area contributed by atoms with Crippen LogP contribution in [0.2, 0.25) is 0 Å². The fourth-order valence-electron chi connectivity index (χ4n) is 0.453. The van der Waals surface area contributed by atoms with E-state index in [1.54, 1.807) is 0 Å². The Hall–Kier alpha value is -0.220. The first kappa shape index (κ1) is 8.78. The Labute approximate surface area is 58.1 Å². The van der Waals surface area contributed by atoms with Crippen molar-refractivity contribution in [2.75, 3.05) is 12.0 Å². The Bertz CT molecular complexity index is 94.2. The van der Waals surface area contributed by atoms with E-state index in [4.69, 9.17) is 10.2 Å². The predicted octanol–water partition coefficient (Wildman–Crippen LogP) is 0.185. The molecule has 9 heavy (non-hydrogen) atoms. The van der Waals surface area contributed by atoms with Crippen LogP contribution in [0.1, 0.15) is 6.42 Å². The van der Waals surface area contributed by atoms with E-state index in [0.717, 1.165) is 0 Å². The van der Waals surface area contributed by atoms with Crippen molar-refractivity contribution in [3.8, 4) is 0 Å². The summed E-state index contributed by atoms with van der Waals surface area (Å²) < 4.78 is 0. The molecule has 0 saturated carbocycles. The van der Waals surface area contributed by atoms with Crippen LogP contribution in [0.25, 0.3) is 0 Å². The van der Waals surface area contributed by atoms with Gasteiger partial charge in [-0.2, -0.15) is 11.8 Å². The molecule has 0 bridgehead atoms. The Morgan fingerprint density at radius 3 is 2.67 bits per heavy atom. The molecule has 2 N–H and O–H groups in total. The molecule has 1 atom stereocenters. The Kier molecular flexibility index (Phi) is 4.53. The van der Waals surface area contributed by atoms with Gasteiger partial charge in [-0.3, -0.25) is 4.79 Å². The number of hydrogen-bond acceptors (Lipinski definition) is 3. The fourth-order valence-corrected chi connectivity index (χ4v) is 0.956. The fraction of sp³-hybridized carbons (Fsp3) is 0.800. The molecule has 0 saturated heterocycles. The van der Waals surface area contributed by atoms with Gasteiger partial charge in [0.15, 0.2) is 0 Å². The average molecular weight is 150 g/mol. The van der Waals surface area contributed by atoms with Crippen LogP contribution in [-0.4, -0.2) is 34.3 Å². The first-order valence-corrected chi connectivity index (χ1v) is 3.95. The summed E-state index contributed by atoms with van der Waals surface area (Å²) in [5.41, 5.74) is 0. The Morgan fingerprint density at radius 2 is 2.33 bits per heavy atom. The maximum Gasteiger partial charge on any atom is 0.306 e. The summed E-state index contributed by atoms with van der Waals surface area (Å²) in [6.07, 6.45) is 0.976. The minimum absolute atomic E-state index is 0.152. The van der Waals surface area contributed by atoms with E-state index in [0.29, 0.717) is 5.75 Å². The molecule has 0 aromatic heterocycles. The number of aliphatic hydroxyl groups excluding tert-OH is 1. The maximum absolute atomic E-state index is 9.92. The van der Waals surface area contributed by atoms with E-state index in [9.17, 15) is 4.79 Å². The number of carbonyl (C=O) groups is 1. The van der Waals surface area contributed by atoms with Crippen molar-refractivity contribution in [1.29, 1.82) is 0 Å². The first-order chi connectivity index (χ1) is 4.16. The highest BCUT2D eigenvalue weighted by Crippen LogP contribution is 1.99. The van der Waals surface area contributed by atoms with Gasteiger partial charge >= 0.3 is 5.97 Å². The second kappa shape index (κ2) is 4.64. The van der Waals surface area contributed by atoms with E-state index in [1.807, 2.05) is 6.26 Å². The molecule has 3 nitrogen and oxygen atoms in total. The van der Waals surface area contributed by atoms with Gasteiger partial charge in [0.05, 0.1) is 12.5 Å². The largest absolute Gasteiger partial charge is 0.481 e. The molecule has 0 amide bonds. The molecule has 0 heterocycles. The molecule has 0 aliphatic heterocycles. The molecular weight excluding hydrogens is 140 g/mol. The number of aliphatic carboxylic acids is 1. The average Bonchev–Trinajstić information content (AvgIpc) is 1.63. The third kappa shape index (κ3) is 5.65. The van der Waals surface area contributed by atoms with Crippen molar-refractivity contribution in [2.45, 2.75) is 12.5 Å². The molecule has 4 heteroatoms. The number of hydrogen-bond donors (Lipinski definition) is 2. The monoisotopic (exact) mass is 150 g/mol. The minimum Gasteiger partial charge on any atom is -0.481 e. The number of carboxylic acid groups (broad SMARTS) is 1. The summed E-state index contributed by atoms with van der Waals surface area (Å²) in [4.78, 5) is 9.92. The van der Waals surface area contributed by atoms with Crippen LogP contribution in [0, 0.1) is 0 Å². The van der Waals surface area contributed by atoms with Crippen molar-refractivity contribution >= 4 is 17.7 Å². The highest BCUT2D eigenvalue weighted by atomic mass is 32.2. The molecule has 0 aliphatic rings. The molecule has 0 fully saturated rings. The van der Waals surface area contributed by atoms with Gasteiger partial charge in [-0.25, -0.2) is 0 Å². The molecule has 0 aliphatic carbocycles. The lowest BCUT2D eigenvalue weighted by atomic mass is 10.3. The lowest BCUT2D eigenvalue weighted by Gasteiger charge is -2.02. The van der Waals surface area contributed by atoms with Crippen LogP contribution in [0.5, 0.6) is 0 Å². The SMILES string of the molecule is CSC[C@H](O)CC(=O)O. The van der Waals surface area contributed by atoms with Crippen LogP contribution < -0.4 is 0 Å². The Morgan fingerprint density at radius 1 is 1.78 bits per heavy atom. The maximum atomic E-state index is 9.92. The minimum atomic E-state index is -0.948. The standard InChI is InChI=1S/C5H10O3S/c1-9-3-4(6)2-5(7)8/h4,6H,2-3H2,1H3,(H,7,8)/t4-/m1/s1. The lowest BCUT2D eigenvalue weighted by Crippen LogP contribution is -2.14. The summed E-state index contributed by atoms with van der Waals surface area (Å²) in [7, 11) is 0. The van der Waals surface area contributed by atoms with Gasteiger partial charge in [-0.15, -0.1) is 0 Å². The number of thioether (sulfide) groups is 1. The molecular formula is C5H10O3S. The second-order valence-electron chi connectivity index (χ2n) is 1.71. The van der Waals surface area contributed by atoms with E-state index in [2.05, 4.69) is 0 Å². The Balaban J connectivity index is 3.26. The summed E-state index contributed by atoms with van der Waals surface area (Å²) in [6.45, 7) is 0. The zero-order valence-electron chi connectivity index (χ0n) is 5.20. The van der Waals surface area contributed by atoms with Gasteiger partial charge in [-0.05, 0) is 6.26 Å². The number of aliphatic hydroxyl groups is 1. The van der Waals surface area contributed by atoms with Crippen molar-refractivity contribution in [1.82, 2.24) is 0 Å². The van der Waals surface area contributed by atoms with Gasteiger partial charge < -0.3 is 10.2 Å². The predicted molar refractivity (Wildman–Crippen MR) is 36.6 cm³/mol. The van der Waals surface area contributed by atoms with Crippen LogP contribution in [0.3, 0.4) is 0 Å². The molecule has 0 unspecified atom stereocenters. The summed E-state index contributed by atoms with van der Waals surface area (Å²) >= 11 is 1.44. The highest BCUT2D eigenvalue weighted by molar-refractivity contribution is 7.98. The smallest absolute Gasteiger partial charge is 0.306 e. The van der Waals surface area contributed by atoms with Crippen LogP contribution in [0.15, 0.2) is 0 Å². The van der Waals surface area contributed by atoms with Crippen molar-refractivity contribution in [3.05, 3.63) is 0 Å². The third-order valence-electron chi connectivity index (χ3n) is 0.769. The lowest BCUT2D eigenvalue weighted by molar-refractivity contribution is -0.138. The number of rotatable bonds is 4. The summed E-state index contributed by atoms with van der Waals surface area (Å²) in [6, 6.07) is 0. The van der Waals surface area contributed by atoms with E-state index in [1.165, 1.54) is 11.8 Å². The van der Waals surface area contributed by atoms with Gasteiger partial charge in [-0.1, -0.05) is 0 Å². The highest BCUT2D eigenvalue weighted by Gasteiger charge is 2.06. The van der Waals surface area contributed by atoms with Gasteiger partial charge in [0.1, 0.15) is 0 Å². The molecule has 0 aromatic carbocycles. The third-order valence-corrected chi connectivity index (χ3v) is 1.49. The number of carboxylic acids is 1. The van der Waals surface area contributed by atoms with Gasteiger partial charge in [0.25, 0.3) is 0 Å². The van der Waals surface area contributed by atoms with E-state index in [-0.39, 0.29) is 6.42 Å². The molecule has 0 aromatic rings. The normalized spacial score (nSPS) is 13.1. The zero-order valence-corrected chi connectivity index (χ0v) is 6.02. The quantitative estimate of drug-likeness (QED) is 0.600. The second-order valence-corrected chi connectivity index (χ2v) is 2.62. The van der Waals surface area contributed by atoms with Gasteiger partial charge in [0, 0.05) is 5.75 Å². The van der Waals surface area contributed by atoms with E-state index < -0.39 is 12.1 Å². The molecule has 54 valence electrons. The van der Waals surface area contributed by atoms with E-state index >= 15 is 0 Å². The zero-order chi connectivity index (χ0) is 7.28. The molecule has 0 rings (SSSR count). The topological polar surface area (TPSA) is 57.5 Å². The molecule has 0 radical (unpaired) electrons. The van der Waals surface area contributed by atoms with Crippen LogP contribution in [0.4, 0.5) is 0 Å². The van der Waals surface area contributed by atoms with Crippen molar-refractivity contribution in [2.24, 2.45) is 0 Å². The molecule has 0 spiro atoms. The van der Waals surface area contributed by atoms with Crippen LogP contribution >= 0.6 is 11.8 Å².